The predicted octanol–water partition coefficient (Wildman–Crippen LogP) is 1.17. The fourth-order valence-corrected chi connectivity index (χ4v) is 1.62. The molecule has 0 saturated carbocycles. The van der Waals surface area contributed by atoms with E-state index in [-0.39, 0.29) is 12.6 Å². The van der Waals surface area contributed by atoms with Crippen molar-refractivity contribution in [1.29, 1.82) is 0 Å². The van der Waals surface area contributed by atoms with Crippen LogP contribution in [0.2, 0.25) is 0 Å². The zero-order valence-corrected chi connectivity index (χ0v) is 8.14. The first kappa shape index (κ1) is 9.24. The molecule has 74 valence electrons. The number of fused-ring (bicyclic) bond motifs is 1. The van der Waals surface area contributed by atoms with Gasteiger partial charge in [-0.15, -0.1) is 0 Å². The van der Waals surface area contributed by atoms with Crippen LogP contribution in [0.5, 0.6) is 0 Å². The number of nitrogens with zero attached hydrogens (tertiary/aromatic N) is 1. The molecule has 3 N–H and O–H groups in total. The van der Waals surface area contributed by atoms with E-state index in [1.807, 2.05) is 36.0 Å². The minimum Gasteiger partial charge on any atom is -0.394 e. The standard InChI is InChI=1S/C11H14N2O/c1-13-5-4-8-2-3-9(6-11(8)13)10(12)7-14/h2-6,10,14H,7,12H2,1H3/t10-/m0/s1. The number of aryl methyl sites for hydroxylation is 1. The molecule has 2 rings (SSSR count). The maximum atomic E-state index is 8.95. The Morgan fingerprint density at radius 2 is 2.21 bits per heavy atom. The summed E-state index contributed by atoms with van der Waals surface area (Å²) in [5.41, 5.74) is 7.86. The van der Waals surface area contributed by atoms with Crippen LogP contribution in [-0.4, -0.2) is 16.3 Å². The predicted molar refractivity (Wildman–Crippen MR) is 56.9 cm³/mol. The molecule has 0 saturated heterocycles. The summed E-state index contributed by atoms with van der Waals surface area (Å²) in [5, 5.41) is 10.1. The monoisotopic (exact) mass is 190 g/mol. The van der Waals surface area contributed by atoms with Crippen molar-refractivity contribution >= 4 is 10.9 Å². The molecular weight excluding hydrogens is 176 g/mol. The van der Waals surface area contributed by atoms with Gasteiger partial charge in [0.15, 0.2) is 0 Å². The van der Waals surface area contributed by atoms with E-state index in [0.29, 0.717) is 0 Å². The van der Waals surface area contributed by atoms with E-state index in [0.717, 1.165) is 11.1 Å². The van der Waals surface area contributed by atoms with Crippen LogP contribution >= 0.6 is 0 Å². The Hall–Kier alpha value is -1.32. The van der Waals surface area contributed by atoms with E-state index < -0.39 is 0 Å². The van der Waals surface area contributed by atoms with Crippen molar-refractivity contribution in [2.24, 2.45) is 12.8 Å². The highest BCUT2D eigenvalue weighted by atomic mass is 16.3. The van der Waals surface area contributed by atoms with E-state index in [1.165, 1.54) is 5.39 Å². The van der Waals surface area contributed by atoms with Gasteiger partial charge >= 0.3 is 0 Å². The Kier molecular flexibility index (Phi) is 2.27. The summed E-state index contributed by atoms with van der Waals surface area (Å²) in [6, 6.07) is 7.79. The maximum absolute atomic E-state index is 8.95. The first-order valence-corrected chi connectivity index (χ1v) is 4.64. The Bertz CT molecular complexity index is 447. The first-order valence-electron chi connectivity index (χ1n) is 4.64. The number of aliphatic hydroxyl groups is 1. The molecular formula is C11H14N2O. The molecule has 3 heteroatoms. The summed E-state index contributed by atoms with van der Waals surface area (Å²) < 4.78 is 2.04. The van der Waals surface area contributed by atoms with Crippen LogP contribution < -0.4 is 5.73 Å². The largest absolute Gasteiger partial charge is 0.394 e. The SMILES string of the molecule is Cn1ccc2ccc([C@@H](N)CO)cc21. The Balaban J connectivity index is 2.54. The zero-order valence-electron chi connectivity index (χ0n) is 8.14. The van der Waals surface area contributed by atoms with Crippen LogP contribution in [0.25, 0.3) is 10.9 Å². The highest BCUT2D eigenvalue weighted by molar-refractivity contribution is 5.80. The third kappa shape index (κ3) is 1.41. The maximum Gasteiger partial charge on any atom is 0.0624 e. The van der Waals surface area contributed by atoms with Gasteiger partial charge in [0.25, 0.3) is 0 Å². The van der Waals surface area contributed by atoms with E-state index in [2.05, 4.69) is 6.07 Å². The van der Waals surface area contributed by atoms with Gasteiger partial charge in [0.05, 0.1) is 12.6 Å². The molecule has 0 aliphatic carbocycles. The lowest BCUT2D eigenvalue weighted by molar-refractivity contribution is 0.268. The highest BCUT2D eigenvalue weighted by Crippen LogP contribution is 2.19. The molecule has 14 heavy (non-hydrogen) atoms. The van der Waals surface area contributed by atoms with Crippen LogP contribution in [-0.2, 0) is 7.05 Å². The topological polar surface area (TPSA) is 51.2 Å². The minimum absolute atomic E-state index is 0.0179. The van der Waals surface area contributed by atoms with Gasteiger partial charge in [-0.2, -0.15) is 0 Å². The third-order valence-corrected chi connectivity index (χ3v) is 2.54. The molecule has 1 atom stereocenters. The molecule has 1 aromatic carbocycles. The van der Waals surface area contributed by atoms with Crippen LogP contribution in [0.1, 0.15) is 11.6 Å². The normalized spacial score (nSPS) is 13.4. The van der Waals surface area contributed by atoms with Crippen molar-refractivity contribution in [2.75, 3.05) is 6.61 Å². The summed E-state index contributed by atoms with van der Waals surface area (Å²) in [6.45, 7) is -0.0179. The van der Waals surface area contributed by atoms with Gasteiger partial charge in [0.1, 0.15) is 0 Å². The van der Waals surface area contributed by atoms with Crippen LogP contribution in [0.4, 0.5) is 0 Å². The Morgan fingerprint density at radius 1 is 1.43 bits per heavy atom. The van der Waals surface area contributed by atoms with Gasteiger partial charge < -0.3 is 15.4 Å². The molecule has 0 amide bonds. The number of hydrogen-bond acceptors (Lipinski definition) is 2. The Labute approximate surface area is 82.8 Å². The van der Waals surface area contributed by atoms with E-state index in [1.54, 1.807) is 0 Å². The highest BCUT2D eigenvalue weighted by Gasteiger charge is 2.05. The molecule has 0 unspecified atom stereocenters. The number of benzene rings is 1. The molecule has 1 aromatic heterocycles. The molecule has 3 nitrogen and oxygen atoms in total. The van der Waals surface area contributed by atoms with E-state index in [9.17, 15) is 0 Å². The summed E-state index contributed by atoms with van der Waals surface area (Å²) in [5.74, 6) is 0. The average Bonchev–Trinajstić information content (AvgIpc) is 2.59. The fourth-order valence-electron chi connectivity index (χ4n) is 1.62. The minimum atomic E-state index is -0.283. The molecule has 2 aromatic rings. The summed E-state index contributed by atoms with van der Waals surface area (Å²) in [6.07, 6.45) is 2.01. The van der Waals surface area contributed by atoms with Gasteiger partial charge in [0.2, 0.25) is 0 Å². The zero-order chi connectivity index (χ0) is 10.1. The lowest BCUT2D eigenvalue weighted by Gasteiger charge is -2.08. The van der Waals surface area contributed by atoms with Gasteiger partial charge in [-0.3, -0.25) is 0 Å². The molecule has 1 heterocycles. The molecule has 0 aliphatic rings. The molecule has 0 aliphatic heterocycles. The second-order valence-electron chi connectivity index (χ2n) is 3.53. The van der Waals surface area contributed by atoms with Crippen molar-refractivity contribution in [3.8, 4) is 0 Å². The van der Waals surface area contributed by atoms with Gasteiger partial charge in [0, 0.05) is 18.8 Å². The Morgan fingerprint density at radius 3 is 2.93 bits per heavy atom. The first-order chi connectivity index (χ1) is 6.72. The molecule has 0 radical (unpaired) electrons. The third-order valence-electron chi connectivity index (χ3n) is 2.54. The molecule has 0 bridgehead atoms. The van der Waals surface area contributed by atoms with Crippen molar-refractivity contribution in [1.82, 2.24) is 4.57 Å². The number of rotatable bonds is 2. The van der Waals surface area contributed by atoms with E-state index >= 15 is 0 Å². The number of aliphatic hydroxyl groups excluding tert-OH is 1. The summed E-state index contributed by atoms with van der Waals surface area (Å²) in [4.78, 5) is 0. The summed E-state index contributed by atoms with van der Waals surface area (Å²) in [7, 11) is 2.00. The lowest BCUT2D eigenvalue weighted by Crippen LogP contribution is -2.14. The number of aromatic nitrogens is 1. The van der Waals surface area contributed by atoms with Gasteiger partial charge in [-0.05, 0) is 23.1 Å². The van der Waals surface area contributed by atoms with Crippen molar-refractivity contribution in [3.63, 3.8) is 0 Å². The lowest BCUT2D eigenvalue weighted by atomic mass is 10.1. The molecule has 0 spiro atoms. The van der Waals surface area contributed by atoms with Crippen LogP contribution in [0.15, 0.2) is 30.5 Å². The second-order valence-corrected chi connectivity index (χ2v) is 3.53. The summed E-state index contributed by atoms with van der Waals surface area (Å²) >= 11 is 0. The van der Waals surface area contributed by atoms with Crippen LogP contribution in [0.3, 0.4) is 0 Å². The van der Waals surface area contributed by atoms with Crippen molar-refractivity contribution in [3.05, 3.63) is 36.0 Å². The molecule has 0 fully saturated rings. The van der Waals surface area contributed by atoms with Crippen molar-refractivity contribution < 1.29 is 5.11 Å². The van der Waals surface area contributed by atoms with Gasteiger partial charge in [-0.1, -0.05) is 12.1 Å². The van der Waals surface area contributed by atoms with Crippen molar-refractivity contribution in [2.45, 2.75) is 6.04 Å². The fraction of sp³-hybridized carbons (Fsp3) is 0.273. The quantitative estimate of drug-likeness (QED) is 0.747. The van der Waals surface area contributed by atoms with E-state index in [4.69, 9.17) is 10.8 Å². The van der Waals surface area contributed by atoms with Gasteiger partial charge in [-0.25, -0.2) is 0 Å². The second kappa shape index (κ2) is 3.44. The number of hydrogen-bond donors (Lipinski definition) is 2. The average molecular weight is 190 g/mol. The number of nitrogens with two attached hydrogens (primary N) is 1. The smallest absolute Gasteiger partial charge is 0.0624 e. The van der Waals surface area contributed by atoms with Crippen LogP contribution in [0, 0.1) is 0 Å².